The molecule has 0 unspecified atom stereocenters. The summed E-state index contributed by atoms with van der Waals surface area (Å²) < 4.78 is 5.23. The molecule has 0 saturated carbocycles. The Bertz CT molecular complexity index is 469. The minimum absolute atomic E-state index is 0.187. The molecule has 2 heterocycles. The molecule has 0 aromatic carbocycles. The lowest BCUT2D eigenvalue weighted by Gasteiger charge is -1.98. The van der Waals surface area contributed by atoms with E-state index in [-0.39, 0.29) is 11.7 Å². The summed E-state index contributed by atoms with van der Waals surface area (Å²) in [5, 5.41) is 13.9. The van der Waals surface area contributed by atoms with Crippen LogP contribution in [0.4, 0.5) is 10.9 Å². The van der Waals surface area contributed by atoms with Gasteiger partial charge in [0.2, 0.25) is 11.0 Å². The van der Waals surface area contributed by atoms with Crippen molar-refractivity contribution in [2.75, 3.05) is 16.8 Å². The summed E-state index contributed by atoms with van der Waals surface area (Å²) in [4.78, 5) is 11.4. The summed E-state index contributed by atoms with van der Waals surface area (Å²) in [6, 6.07) is 1.56. The third-order valence-electron chi connectivity index (χ3n) is 1.45. The van der Waals surface area contributed by atoms with Gasteiger partial charge in [0.15, 0.2) is 10.2 Å². The number of carbonyl (C=O) groups excluding carboxylic acids is 1. The number of anilines is 2. The highest BCUT2D eigenvalue weighted by atomic mass is 32.2. The van der Waals surface area contributed by atoms with Crippen LogP contribution < -0.4 is 11.1 Å². The van der Waals surface area contributed by atoms with Crippen LogP contribution in [0, 0.1) is 0 Å². The first-order valence-corrected chi connectivity index (χ1v) is 5.96. The highest BCUT2D eigenvalue weighted by Crippen LogP contribution is 2.23. The Hall–Kier alpha value is -1.61. The number of nitrogens with two attached hydrogens (primary N) is 1. The van der Waals surface area contributed by atoms with Gasteiger partial charge in [0.25, 0.3) is 0 Å². The van der Waals surface area contributed by atoms with Crippen LogP contribution in [0.2, 0.25) is 0 Å². The minimum atomic E-state index is -0.187. The van der Waals surface area contributed by atoms with Gasteiger partial charge >= 0.3 is 0 Å². The number of thioether (sulfide) groups is 1. The van der Waals surface area contributed by atoms with Gasteiger partial charge in [-0.2, -0.15) is 0 Å². The summed E-state index contributed by atoms with van der Waals surface area (Å²) in [6.07, 6.45) is 1.38. The van der Waals surface area contributed by atoms with Gasteiger partial charge in [-0.05, 0) is 0 Å². The Morgan fingerprint density at radius 3 is 3.12 bits per heavy atom. The van der Waals surface area contributed by atoms with Crippen molar-refractivity contribution in [1.82, 2.24) is 15.4 Å². The minimum Gasteiger partial charge on any atom is -0.374 e. The molecule has 2 aromatic rings. The van der Waals surface area contributed by atoms with E-state index in [1.165, 1.54) is 29.4 Å². The summed E-state index contributed by atoms with van der Waals surface area (Å²) in [6.45, 7) is 0. The Morgan fingerprint density at radius 1 is 1.62 bits per heavy atom. The molecular weight excluding hydrogens is 250 g/mol. The quantitative estimate of drug-likeness (QED) is 0.781. The molecule has 0 aliphatic carbocycles. The lowest BCUT2D eigenvalue weighted by Crippen LogP contribution is -2.14. The second-order valence-corrected chi connectivity index (χ2v) is 4.86. The number of hydrogen-bond acceptors (Lipinski definition) is 8. The average Bonchev–Trinajstić information content (AvgIpc) is 2.87. The first kappa shape index (κ1) is 10.9. The van der Waals surface area contributed by atoms with E-state index in [2.05, 4.69) is 25.2 Å². The fourth-order valence-electron chi connectivity index (χ4n) is 0.862. The summed E-state index contributed by atoms with van der Waals surface area (Å²) in [5.74, 6) is 0.427. The van der Waals surface area contributed by atoms with Gasteiger partial charge in [-0.15, -0.1) is 10.2 Å². The van der Waals surface area contributed by atoms with Crippen molar-refractivity contribution in [3.05, 3.63) is 12.3 Å². The summed E-state index contributed by atoms with van der Waals surface area (Å²) in [7, 11) is 0. The normalized spacial score (nSPS) is 10.2. The molecule has 9 heteroatoms. The zero-order valence-corrected chi connectivity index (χ0v) is 9.55. The van der Waals surface area contributed by atoms with Crippen molar-refractivity contribution in [2.45, 2.75) is 4.34 Å². The van der Waals surface area contributed by atoms with Crippen LogP contribution in [-0.4, -0.2) is 27.0 Å². The monoisotopic (exact) mass is 257 g/mol. The van der Waals surface area contributed by atoms with E-state index in [9.17, 15) is 4.79 Å². The molecule has 0 fully saturated rings. The Morgan fingerprint density at radius 2 is 2.50 bits per heavy atom. The van der Waals surface area contributed by atoms with Crippen molar-refractivity contribution in [3.63, 3.8) is 0 Å². The predicted octanol–water partition coefficient (Wildman–Crippen LogP) is 0.839. The molecule has 16 heavy (non-hydrogen) atoms. The fourth-order valence-corrected chi connectivity index (χ4v) is 2.30. The molecular formula is C7H7N5O2S2. The van der Waals surface area contributed by atoms with Crippen molar-refractivity contribution in [3.8, 4) is 0 Å². The van der Waals surface area contributed by atoms with Crippen LogP contribution in [0.15, 0.2) is 21.2 Å². The van der Waals surface area contributed by atoms with E-state index in [0.717, 1.165) is 0 Å². The van der Waals surface area contributed by atoms with Crippen LogP contribution >= 0.6 is 23.1 Å². The predicted molar refractivity (Wildman–Crippen MR) is 60.2 cm³/mol. The fraction of sp³-hybridized carbons (Fsp3) is 0.143. The maximum atomic E-state index is 11.4. The van der Waals surface area contributed by atoms with E-state index in [4.69, 9.17) is 5.73 Å². The Balaban J connectivity index is 1.80. The van der Waals surface area contributed by atoms with Crippen LogP contribution in [0.3, 0.4) is 0 Å². The number of carbonyl (C=O) groups is 1. The third-order valence-corrected chi connectivity index (χ3v) is 3.34. The largest absolute Gasteiger partial charge is 0.374 e. The molecule has 7 nitrogen and oxygen atoms in total. The lowest BCUT2D eigenvalue weighted by molar-refractivity contribution is -0.113. The van der Waals surface area contributed by atoms with Gasteiger partial charge in [0.05, 0.1) is 5.75 Å². The maximum absolute atomic E-state index is 11.4. The number of rotatable bonds is 4. The first-order valence-electron chi connectivity index (χ1n) is 4.16. The number of nitrogens with zero attached hydrogens (tertiary/aromatic N) is 3. The molecule has 0 radical (unpaired) electrons. The van der Waals surface area contributed by atoms with Gasteiger partial charge in [0.1, 0.15) is 6.26 Å². The molecule has 2 rings (SSSR count). The van der Waals surface area contributed by atoms with Crippen LogP contribution in [0.25, 0.3) is 0 Å². The number of hydrogen-bond donors (Lipinski definition) is 2. The summed E-state index contributed by atoms with van der Waals surface area (Å²) >= 11 is 2.51. The average molecular weight is 257 g/mol. The zero-order chi connectivity index (χ0) is 11.4. The van der Waals surface area contributed by atoms with Gasteiger partial charge in [-0.3, -0.25) is 4.79 Å². The Kier molecular flexibility index (Phi) is 3.37. The first-order chi connectivity index (χ1) is 7.74. The topological polar surface area (TPSA) is 107 Å². The molecule has 2 aromatic heterocycles. The maximum Gasteiger partial charge on any atom is 0.236 e. The van der Waals surface area contributed by atoms with Gasteiger partial charge in [0, 0.05) is 6.07 Å². The van der Waals surface area contributed by atoms with Crippen LogP contribution in [0.5, 0.6) is 0 Å². The van der Waals surface area contributed by atoms with Crippen LogP contribution in [-0.2, 0) is 4.79 Å². The molecule has 0 aliphatic heterocycles. The molecule has 0 saturated heterocycles. The number of nitrogen functional groups attached to an aromatic ring is 1. The standard InChI is InChI=1S/C7H7N5O2S2/c8-6-10-11-7(16-6)15-3-5(13)9-4-1-2-14-12-4/h1-2H,3H2,(H2,8,10)(H,9,12,13). The molecule has 0 atom stereocenters. The van der Waals surface area contributed by atoms with E-state index < -0.39 is 0 Å². The molecule has 3 N–H and O–H groups in total. The molecule has 1 amide bonds. The zero-order valence-electron chi connectivity index (χ0n) is 7.91. The van der Waals surface area contributed by atoms with Gasteiger partial charge in [-0.25, -0.2) is 0 Å². The molecule has 0 spiro atoms. The van der Waals surface area contributed by atoms with E-state index >= 15 is 0 Å². The lowest BCUT2D eigenvalue weighted by atomic mass is 10.6. The third kappa shape index (κ3) is 2.94. The van der Waals surface area contributed by atoms with E-state index in [1.807, 2.05) is 0 Å². The van der Waals surface area contributed by atoms with Gasteiger partial charge in [-0.1, -0.05) is 28.3 Å². The van der Waals surface area contributed by atoms with Crippen molar-refractivity contribution >= 4 is 40.0 Å². The van der Waals surface area contributed by atoms with Crippen LogP contribution in [0.1, 0.15) is 0 Å². The van der Waals surface area contributed by atoms with Gasteiger partial charge < -0.3 is 15.6 Å². The molecule has 84 valence electrons. The number of amides is 1. The van der Waals surface area contributed by atoms with Crippen molar-refractivity contribution in [1.29, 1.82) is 0 Å². The second-order valence-electron chi connectivity index (χ2n) is 2.63. The second kappa shape index (κ2) is 4.94. The molecule has 0 aliphatic rings. The SMILES string of the molecule is Nc1nnc(SCC(=O)Nc2ccon2)s1. The van der Waals surface area contributed by atoms with E-state index in [0.29, 0.717) is 15.3 Å². The highest BCUT2D eigenvalue weighted by Gasteiger charge is 2.08. The van der Waals surface area contributed by atoms with Crippen molar-refractivity contribution < 1.29 is 9.32 Å². The van der Waals surface area contributed by atoms with Crippen molar-refractivity contribution in [2.24, 2.45) is 0 Å². The number of nitrogens with one attached hydrogen (secondary N) is 1. The smallest absolute Gasteiger partial charge is 0.236 e. The molecule has 0 bridgehead atoms. The highest BCUT2D eigenvalue weighted by molar-refractivity contribution is 8.01. The Labute approximate surface area is 98.4 Å². The summed E-state index contributed by atoms with van der Waals surface area (Å²) in [5.41, 5.74) is 5.40. The van der Waals surface area contributed by atoms with E-state index in [1.54, 1.807) is 6.07 Å². The number of aromatic nitrogens is 3.